The first-order chi connectivity index (χ1) is 8.54. The van der Waals surface area contributed by atoms with Gasteiger partial charge in [0.2, 0.25) is 5.91 Å². The molecule has 0 saturated carbocycles. The Kier molecular flexibility index (Phi) is 6.36. The minimum Gasteiger partial charge on any atom is -0.345 e. The quantitative estimate of drug-likeness (QED) is 0.877. The third kappa shape index (κ3) is 4.78. The van der Waals surface area contributed by atoms with Crippen molar-refractivity contribution >= 4 is 21.8 Å². The summed E-state index contributed by atoms with van der Waals surface area (Å²) in [7, 11) is 1.85. The lowest BCUT2D eigenvalue weighted by molar-refractivity contribution is -0.133. The van der Waals surface area contributed by atoms with E-state index in [9.17, 15) is 4.79 Å². The lowest BCUT2D eigenvalue weighted by atomic mass is 10.1. The summed E-state index contributed by atoms with van der Waals surface area (Å²) in [6.07, 6.45) is 1.62. The molecule has 0 radical (unpaired) electrons. The molecule has 4 heteroatoms. The van der Waals surface area contributed by atoms with Crippen molar-refractivity contribution < 1.29 is 4.79 Å². The number of carbonyl (C=O) groups excluding carboxylic acids is 1. The molecule has 0 spiro atoms. The van der Waals surface area contributed by atoms with Gasteiger partial charge in [-0.15, -0.1) is 0 Å². The van der Waals surface area contributed by atoms with Crippen molar-refractivity contribution in [1.29, 1.82) is 0 Å². The highest BCUT2D eigenvalue weighted by Gasteiger charge is 2.16. The molecule has 0 aliphatic carbocycles. The van der Waals surface area contributed by atoms with Crippen LogP contribution in [0.1, 0.15) is 18.9 Å². The van der Waals surface area contributed by atoms with E-state index in [1.54, 1.807) is 4.90 Å². The summed E-state index contributed by atoms with van der Waals surface area (Å²) < 4.78 is 1.07. The van der Waals surface area contributed by atoms with E-state index in [-0.39, 0.29) is 11.8 Å². The molecule has 0 heterocycles. The molecule has 0 saturated heterocycles. The van der Waals surface area contributed by atoms with Gasteiger partial charge < -0.3 is 10.6 Å². The van der Waals surface area contributed by atoms with E-state index >= 15 is 0 Å². The fraction of sp³-hybridized carbons (Fsp3) is 0.500. The van der Waals surface area contributed by atoms with Gasteiger partial charge in [0.15, 0.2) is 0 Å². The van der Waals surface area contributed by atoms with Crippen LogP contribution in [0.25, 0.3) is 0 Å². The number of nitrogens with zero attached hydrogens (tertiary/aromatic N) is 1. The molecule has 1 atom stereocenters. The average Bonchev–Trinajstić information content (AvgIpc) is 2.35. The summed E-state index contributed by atoms with van der Waals surface area (Å²) in [6, 6.07) is 8.17. The molecule has 0 aromatic heterocycles. The molecule has 0 aliphatic rings. The summed E-state index contributed by atoms with van der Waals surface area (Å²) in [5.74, 6) is 0.193. The van der Waals surface area contributed by atoms with Gasteiger partial charge in [0.25, 0.3) is 0 Å². The lowest BCUT2D eigenvalue weighted by Gasteiger charge is -2.21. The molecular weight excluding hydrogens is 292 g/mol. The van der Waals surface area contributed by atoms with Gasteiger partial charge in [-0.25, -0.2) is 0 Å². The second-order valence-corrected chi connectivity index (χ2v) is 5.53. The number of benzene rings is 1. The molecule has 18 heavy (non-hydrogen) atoms. The Morgan fingerprint density at radius 1 is 1.50 bits per heavy atom. The number of carbonyl (C=O) groups is 1. The molecule has 100 valence electrons. The van der Waals surface area contributed by atoms with Crippen LogP contribution >= 0.6 is 15.9 Å². The molecule has 1 aromatic rings. The second kappa shape index (κ2) is 7.54. The minimum atomic E-state index is 0.0162. The van der Waals surface area contributed by atoms with Crippen LogP contribution in [0, 0.1) is 5.92 Å². The molecule has 0 fully saturated rings. The van der Waals surface area contributed by atoms with Crippen molar-refractivity contribution in [2.45, 2.75) is 19.8 Å². The number of hydrogen-bond acceptors (Lipinski definition) is 2. The smallest absolute Gasteiger partial charge is 0.225 e. The number of nitrogens with two attached hydrogens (primary N) is 1. The zero-order valence-corrected chi connectivity index (χ0v) is 12.6. The Labute approximate surface area is 117 Å². The molecule has 0 aliphatic heterocycles. The maximum Gasteiger partial charge on any atom is 0.225 e. The first-order valence-corrected chi connectivity index (χ1v) is 7.03. The summed E-state index contributed by atoms with van der Waals surface area (Å²) in [4.78, 5) is 13.8. The van der Waals surface area contributed by atoms with Gasteiger partial charge in [0.1, 0.15) is 0 Å². The largest absolute Gasteiger partial charge is 0.345 e. The van der Waals surface area contributed by atoms with Crippen molar-refractivity contribution in [3.8, 4) is 0 Å². The molecule has 1 aromatic carbocycles. The van der Waals surface area contributed by atoms with E-state index in [0.29, 0.717) is 6.54 Å². The van der Waals surface area contributed by atoms with Crippen molar-refractivity contribution in [1.82, 2.24) is 4.90 Å². The second-order valence-electron chi connectivity index (χ2n) is 4.62. The van der Waals surface area contributed by atoms with Gasteiger partial charge in [-0.05, 0) is 37.1 Å². The van der Waals surface area contributed by atoms with E-state index < -0.39 is 0 Å². The monoisotopic (exact) mass is 312 g/mol. The molecule has 1 unspecified atom stereocenters. The van der Waals surface area contributed by atoms with Crippen LogP contribution in [0.4, 0.5) is 0 Å². The van der Waals surface area contributed by atoms with Gasteiger partial charge in [-0.1, -0.05) is 35.0 Å². The van der Waals surface area contributed by atoms with E-state index in [1.165, 1.54) is 5.56 Å². The third-order valence-corrected chi connectivity index (χ3v) is 3.52. The number of rotatable bonds is 6. The highest BCUT2D eigenvalue weighted by atomic mass is 79.9. The fourth-order valence-electron chi connectivity index (χ4n) is 1.85. The van der Waals surface area contributed by atoms with Crippen LogP contribution in [0.15, 0.2) is 28.7 Å². The number of halogens is 1. The normalized spacial score (nSPS) is 12.2. The molecule has 3 nitrogen and oxygen atoms in total. The Balaban J connectivity index is 2.45. The fourth-order valence-corrected chi connectivity index (χ4v) is 2.30. The molecule has 1 rings (SSSR count). The predicted molar refractivity (Wildman–Crippen MR) is 78.3 cm³/mol. The first-order valence-electron chi connectivity index (χ1n) is 6.24. The number of amides is 1. The van der Waals surface area contributed by atoms with Crippen molar-refractivity contribution in [2.24, 2.45) is 11.7 Å². The zero-order chi connectivity index (χ0) is 13.5. The Bertz CT molecular complexity index is 395. The van der Waals surface area contributed by atoms with Gasteiger partial charge >= 0.3 is 0 Å². The highest BCUT2D eigenvalue weighted by molar-refractivity contribution is 9.10. The van der Waals surface area contributed by atoms with Crippen LogP contribution in [-0.4, -0.2) is 30.9 Å². The van der Waals surface area contributed by atoms with Crippen LogP contribution in [0.3, 0.4) is 0 Å². The standard InChI is InChI=1S/C14H21BrN2O/c1-11(6-8-16)14(18)17(2)9-7-12-4-3-5-13(15)10-12/h3-5,10-11H,6-9,16H2,1-2H3. The Morgan fingerprint density at radius 3 is 2.83 bits per heavy atom. The molecule has 2 N–H and O–H groups in total. The van der Waals surface area contributed by atoms with Crippen LogP contribution in [0.5, 0.6) is 0 Å². The van der Waals surface area contributed by atoms with Gasteiger partial charge in [-0.3, -0.25) is 4.79 Å². The average molecular weight is 313 g/mol. The molecule has 0 bridgehead atoms. The Morgan fingerprint density at radius 2 is 2.22 bits per heavy atom. The summed E-state index contributed by atoms with van der Waals surface area (Å²) >= 11 is 3.45. The summed E-state index contributed by atoms with van der Waals surface area (Å²) in [5.41, 5.74) is 6.71. The van der Waals surface area contributed by atoms with Crippen molar-refractivity contribution in [2.75, 3.05) is 20.1 Å². The van der Waals surface area contributed by atoms with E-state index in [2.05, 4.69) is 28.1 Å². The van der Waals surface area contributed by atoms with Crippen LogP contribution in [-0.2, 0) is 11.2 Å². The first kappa shape index (κ1) is 15.2. The zero-order valence-electron chi connectivity index (χ0n) is 11.0. The lowest BCUT2D eigenvalue weighted by Crippen LogP contribution is -2.34. The number of likely N-dealkylation sites (N-methyl/N-ethyl adjacent to an activating group) is 1. The SMILES string of the molecule is CC(CCN)C(=O)N(C)CCc1cccc(Br)c1. The molecular formula is C14H21BrN2O. The number of hydrogen-bond donors (Lipinski definition) is 1. The maximum absolute atomic E-state index is 12.0. The third-order valence-electron chi connectivity index (χ3n) is 3.02. The van der Waals surface area contributed by atoms with Crippen molar-refractivity contribution in [3.63, 3.8) is 0 Å². The van der Waals surface area contributed by atoms with E-state index in [1.807, 2.05) is 26.1 Å². The highest BCUT2D eigenvalue weighted by Crippen LogP contribution is 2.13. The molecule has 1 amide bonds. The van der Waals surface area contributed by atoms with E-state index in [4.69, 9.17) is 5.73 Å². The van der Waals surface area contributed by atoms with Gasteiger partial charge in [0, 0.05) is 24.0 Å². The van der Waals surface area contributed by atoms with Crippen LogP contribution in [0.2, 0.25) is 0 Å². The Hall–Kier alpha value is -0.870. The van der Waals surface area contributed by atoms with E-state index in [0.717, 1.165) is 23.9 Å². The van der Waals surface area contributed by atoms with Crippen molar-refractivity contribution in [3.05, 3.63) is 34.3 Å². The predicted octanol–water partition coefficient (Wildman–Crippen LogP) is 2.43. The topological polar surface area (TPSA) is 46.3 Å². The van der Waals surface area contributed by atoms with Gasteiger partial charge in [-0.2, -0.15) is 0 Å². The summed E-state index contributed by atoms with van der Waals surface area (Å²) in [6.45, 7) is 3.24. The maximum atomic E-state index is 12.0. The van der Waals surface area contributed by atoms with Gasteiger partial charge in [0.05, 0.1) is 0 Å². The summed E-state index contributed by atoms with van der Waals surface area (Å²) in [5, 5.41) is 0. The van der Waals surface area contributed by atoms with Crippen LogP contribution < -0.4 is 5.73 Å². The minimum absolute atomic E-state index is 0.0162.